The topological polar surface area (TPSA) is 148 Å². The Morgan fingerprint density at radius 3 is 2.23 bits per heavy atom. The van der Waals surface area contributed by atoms with E-state index in [1.807, 2.05) is 6.92 Å². The number of hydrogen-bond donors (Lipinski definition) is 3. The smallest absolute Gasteiger partial charge is 0.244 e. The minimum absolute atomic E-state index is 0.0800. The molecule has 12 heteroatoms. The standard InChI is InChI=1S/C19H21Cl2N5O4S/c1-10(13-4-2-11(20)6-16(13)21)25-17-5-3-12(7-24-17)31(29,30)26-8-14(18(22)27)15(9-26)19(23)28/h2-7,10,14-15H,8-9H2,1H3,(H2,22,27)(H2,23,28)(H,24,25)/t10-,14-,15-/m0/s1. The maximum absolute atomic E-state index is 12.9. The molecule has 3 atom stereocenters. The van der Waals surface area contributed by atoms with Crippen molar-refractivity contribution in [3.8, 4) is 0 Å². The molecule has 0 unspecified atom stereocenters. The van der Waals surface area contributed by atoms with Gasteiger partial charge in [-0.05, 0) is 36.8 Å². The van der Waals surface area contributed by atoms with Gasteiger partial charge in [-0.25, -0.2) is 13.4 Å². The summed E-state index contributed by atoms with van der Waals surface area (Å²) in [6, 6.07) is 7.83. The number of nitrogens with two attached hydrogens (primary N) is 2. The predicted molar refractivity (Wildman–Crippen MR) is 117 cm³/mol. The summed E-state index contributed by atoms with van der Waals surface area (Å²) < 4.78 is 26.9. The highest BCUT2D eigenvalue weighted by Crippen LogP contribution is 2.30. The van der Waals surface area contributed by atoms with Gasteiger partial charge in [0, 0.05) is 29.3 Å². The second kappa shape index (κ2) is 8.99. The highest BCUT2D eigenvalue weighted by Gasteiger charge is 2.44. The number of anilines is 1. The molecule has 0 radical (unpaired) electrons. The van der Waals surface area contributed by atoms with Crippen LogP contribution in [0.15, 0.2) is 41.4 Å². The Bertz CT molecular complexity index is 1090. The lowest BCUT2D eigenvalue weighted by Crippen LogP contribution is -2.36. The molecule has 5 N–H and O–H groups in total. The normalized spacial score (nSPS) is 20.4. The van der Waals surface area contributed by atoms with Gasteiger partial charge in [-0.2, -0.15) is 4.31 Å². The summed E-state index contributed by atoms with van der Waals surface area (Å²) in [5.41, 5.74) is 11.4. The summed E-state index contributed by atoms with van der Waals surface area (Å²) in [6.45, 7) is 1.45. The second-order valence-electron chi connectivity index (χ2n) is 7.25. The van der Waals surface area contributed by atoms with Gasteiger partial charge < -0.3 is 16.8 Å². The Labute approximate surface area is 189 Å². The van der Waals surface area contributed by atoms with Gasteiger partial charge in [0.2, 0.25) is 21.8 Å². The Balaban J connectivity index is 1.76. The van der Waals surface area contributed by atoms with Gasteiger partial charge >= 0.3 is 0 Å². The van der Waals surface area contributed by atoms with E-state index in [0.717, 1.165) is 9.87 Å². The molecule has 0 aliphatic carbocycles. The summed E-state index contributed by atoms with van der Waals surface area (Å²) >= 11 is 12.1. The van der Waals surface area contributed by atoms with Crippen LogP contribution in [0.2, 0.25) is 10.0 Å². The van der Waals surface area contributed by atoms with Crippen LogP contribution in [-0.4, -0.2) is 42.6 Å². The van der Waals surface area contributed by atoms with E-state index in [-0.39, 0.29) is 24.0 Å². The third kappa shape index (κ3) is 4.93. The number of halogens is 2. The van der Waals surface area contributed by atoms with Crippen LogP contribution in [0.4, 0.5) is 5.82 Å². The van der Waals surface area contributed by atoms with Crippen molar-refractivity contribution in [2.24, 2.45) is 23.3 Å². The number of nitrogens with zero attached hydrogens (tertiary/aromatic N) is 2. The lowest BCUT2D eigenvalue weighted by molar-refractivity contribution is -0.129. The zero-order chi connectivity index (χ0) is 22.9. The molecular formula is C19H21Cl2N5O4S. The number of rotatable bonds is 7. The zero-order valence-corrected chi connectivity index (χ0v) is 18.8. The molecule has 31 heavy (non-hydrogen) atoms. The van der Waals surface area contributed by atoms with E-state index in [2.05, 4.69) is 10.3 Å². The lowest BCUT2D eigenvalue weighted by atomic mass is 9.95. The fourth-order valence-electron chi connectivity index (χ4n) is 3.46. The van der Waals surface area contributed by atoms with Gasteiger partial charge in [0.05, 0.1) is 17.9 Å². The van der Waals surface area contributed by atoms with E-state index >= 15 is 0 Å². The van der Waals surface area contributed by atoms with Crippen LogP contribution in [0, 0.1) is 11.8 Å². The molecule has 1 fully saturated rings. The van der Waals surface area contributed by atoms with Crippen molar-refractivity contribution in [1.82, 2.24) is 9.29 Å². The number of hydrogen-bond acceptors (Lipinski definition) is 6. The molecular weight excluding hydrogens is 465 g/mol. The molecule has 1 aliphatic heterocycles. The highest BCUT2D eigenvalue weighted by molar-refractivity contribution is 7.89. The van der Waals surface area contributed by atoms with Crippen molar-refractivity contribution >= 4 is 50.9 Å². The highest BCUT2D eigenvalue weighted by atomic mass is 35.5. The SMILES string of the molecule is C[C@H](Nc1ccc(S(=O)(=O)N2C[C@H](C(N)=O)[C@@H](C(N)=O)C2)cn1)c1ccc(Cl)cc1Cl. The van der Waals surface area contributed by atoms with Gasteiger partial charge in [-0.3, -0.25) is 9.59 Å². The third-order valence-electron chi connectivity index (χ3n) is 5.18. The lowest BCUT2D eigenvalue weighted by Gasteiger charge is -2.18. The number of sulfonamides is 1. The zero-order valence-electron chi connectivity index (χ0n) is 16.5. The van der Waals surface area contributed by atoms with E-state index in [0.29, 0.717) is 15.9 Å². The number of primary amides is 2. The monoisotopic (exact) mass is 485 g/mol. The maximum Gasteiger partial charge on any atom is 0.244 e. The average molecular weight is 486 g/mol. The van der Waals surface area contributed by atoms with Crippen molar-refractivity contribution in [3.63, 3.8) is 0 Å². The fourth-order valence-corrected chi connectivity index (χ4v) is 5.47. The number of carbonyl (C=O) groups is 2. The second-order valence-corrected chi connectivity index (χ2v) is 10.0. The summed E-state index contributed by atoms with van der Waals surface area (Å²) in [4.78, 5) is 27.3. The molecule has 0 bridgehead atoms. The number of amides is 2. The minimum Gasteiger partial charge on any atom is -0.369 e. The molecule has 1 saturated heterocycles. The molecule has 0 spiro atoms. The molecule has 0 saturated carbocycles. The number of carbonyl (C=O) groups excluding carboxylic acids is 2. The van der Waals surface area contributed by atoms with Crippen molar-refractivity contribution in [3.05, 3.63) is 52.1 Å². The van der Waals surface area contributed by atoms with Crippen LogP contribution in [0.25, 0.3) is 0 Å². The van der Waals surface area contributed by atoms with Crippen LogP contribution in [-0.2, 0) is 19.6 Å². The molecule has 2 aromatic rings. The first-order chi connectivity index (χ1) is 14.5. The van der Waals surface area contributed by atoms with Crippen LogP contribution >= 0.6 is 23.2 Å². The van der Waals surface area contributed by atoms with Gasteiger partial charge in [0.15, 0.2) is 0 Å². The molecule has 2 heterocycles. The maximum atomic E-state index is 12.9. The van der Waals surface area contributed by atoms with Crippen molar-refractivity contribution in [2.45, 2.75) is 17.9 Å². The fraction of sp³-hybridized carbons (Fsp3) is 0.316. The van der Waals surface area contributed by atoms with E-state index < -0.39 is 33.7 Å². The molecule has 2 amide bonds. The van der Waals surface area contributed by atoms with Crippen molar-refractivity contribution < 1.29 is 18.0 Å². The summed E-state index contributed by atoms with van der Waals surface area (Å²) in [6.07, 6.45) is 1.20. The van der Waals surface area contributed by atoms with Gasteiger partial charge in [-0.1, -0.05) is 29.3 Å². The van der Waals surface area contributed by atoms with Crippen molar-refractivity contribution in [2.75, 3.05) is 18.4 Å². The summed E-state index contributed by atoms with van der Waals surface area (Å²) in [7, 11) is -3.99. The first kappa shape index (κ1) is 23.3. The Kier molecular flexibility index (Phi) is 6.75. The largest absolute Gasteiger partial charge is 0.369 e. The number of aromatic nitrogens is 1. The minimum atomic E-state index is -3.99. The third-order valence-corrected chi connectivity index (χ3v) is 7.56. The Morgan fingerprint density at radius 1 is 1.13 bits per heavy atom. The summed E-state index contributed by atoms with van der Waals surface area (Å²) in [5.74, 6) is -3.04. The average Bonchev–Trinajstić information content (AvgIpc) is 3.15. The molecule has 1 aromatic carbocycles. The molecule has 1 aromatic heterocycles. The van der Waals surface area contributed by atoms with E-state index in [1.54, 1.807) is 18.2 Å². The molecule has 3 rings (SSSR count). The Morgan fingerprint density at radius 2 is 1.74 bits per heavy atom. The number of benzene rings is 1. The van der Waals surface area contributed by atoms with Crippen LogP contribution < -0.4 is 16.8 Å². The molecule has 166 valence electrons. The Hall–Kier alpha value is -2.40. The number of nitrogens with one attached hydrogen (secondary N) is 1. The van der Waals surface area contributed by atoms with Crippen molar-refractivity contribution in [1.29, 1.82) is 0 Å². The van der Waals surface area contributed by atoms with E-state index in [9.17, 15) is 18.0 Å². The van der Waals surface area contributed by atoms with Crippen LogP contribution in [0.1, 0.15) is 18.5 Å². The van der Waals surface area contributed by atoms with E-state index in [1.165, 1.54) is 18.3 Å². The van der Waals surface area contributed by atoms with Gasteiger partial charge in [0.1, 0.15) is 10.7 Å². The van der Waals surface area contributed by atoms with E-state index in [4.69, 9.17) is 34.7 Å². The quantitative estimate of drug-likeness (QED) is 0.543. The first-order valence-corrected chi connectivity index (χ1v) is 11.5. The predicted octanol–water partition coefficient (Wildman–Crippen LogP) is 1.77. The molecule has 1 aliphatic rings. The van der Waals surface area contributed by atoms with Crippen LogP contribution in [0.5, 0.6) is 0 Å². The van der Waals surface area contributed by atoms with Gasteiger partial charge in [-0.15, -0.1) is 0 Å². The first-order valence-electron chi connectivity index (χ1n) is 9.27. The number of pyridine rings is 1. The van der Waals surface area contributed by atoms with Gasteiger partial charge in [0.25, 0.3) is 0 Å². The van der Waals surface area contributed by atoms with Crippen LogP contribution in [0.3, 0.4) is 0 Å². The summed E-state index contributed by atoms with van der Waals surface area (Å²) in [5, 5.41) is 4.16. The molecule has 9 nitrogen and oxygen atoms in total.